The first-order valence-corrected chi connectivity index (χ1v) is 7.13. The third kappa shape index (κ3) is 3.15. The summed E-state index contributed by atoms with van der Waals surface area (Å²) in [6, 6.07) is 10.4. The van der Waals surface area contributed by atoms with Crippen molar-refractivity contribution in [2.45, 2.75) is 13.5 Å². The molecule has 122 valence electrons. The largest absolute Gasteiger partial charge is 0.476 e. The van der Waals surface area contributed by atoms with Crippen LogP contribution in [0.1, 0.15) is 21.6 Å². The van der Waals surface area contributed by atoms with Crippen LogP contribution in [0.25, 0.3) is 11.3 Å². The highest BCUT2D eigenvalue weighted by atomic mass is 19.1. The van der Waals surface area contributed by atoms with Crippen molar-refractivity contribution in [3.8, 4) is 11.3 Å². The fourth-order valence-corrected chi connectivity index (χ4v) is 2.53. The average Bonchev–Trinajstić information content (AvgIpc) is 2.90. The van der Waals surface area contributed by atoms with E-state index in [0.717, 1.165) is 29.3 Å². The van der Waals surface area contributed by atoms with Gasteiger partial charge in [0.25, 0.3) is 0 Å². The summed E-state index contributed by atoms with van der Waals surface area (Å²) in [6.45, 7) is 2.16. The quantitative estimate of drug-likeness (QED) is 0.797. The lowest BCUT2D eigenvalue weighted by Crippen LogP contribution is -2.06. The van der Waals surface area contributed by atoms with Gasteiger partial charge < -0.3 is 5.11 Å². The second-order valence-corrected chi connectivity index (χ2v) is 5.40. The summed E-state index contributed by atoms with van der Waals surface area (Å²) >= 11 is 0. The molecule has 7 heteroatoms. The van der Waals surface area contributed by atoms with Crippen LogP contribution >= 0.6 is 0 Å². The summed E-state index contributed by atoms with van der Waals surface area (Å²) in [5.41, 5.74) is 1.68. The van der Waals surface area contributed by atoms with Gasteiger partial charge in [-0.05, 0) is 24.6 Å². The normalized spacial score (nSPS) is 10.8. The van der Waals surface area contributed by atoms with Gasteiger partial charge in [0.15, 0.2) is 5.69 Å². The van der Waals surface area contributed by atoms with Crippen molar-refractivity contribution >= 4 is 5.97 Å². The minimum absolute atomic E-state index is 0.0578. The first-order valence-electron chi connectivity index (χ1n) is 7.13. The monoisotopic (exact) mass is 329 g/mol. The summed E-state index contributed by atoms with van der Waals surface area (Å²) in [5.74, 6) is -2.92. The number of hydrogen-bond donors (Lipinski definition) is 1. The molecule has 0 fully saturated rings. The van der Waals surface area contributed by atoms with Crippen molar-refractivity contribution in [1.82, 2.24) is 15.0 Å². The van der Waals surface area contributed by atoms with Gasteiger partial charge in [-0.2, -0.15) is 0 Å². The number of aromatic nitrogens is 3. The van der Waals surface area contributed by atoms with Crippen molar-refractivity contribution in [2.24, 2.45) is 0 Å². The Morgan fingerprint density at radius 3 is 2.50 bits per heavy atom. The highest BCUT2D eigenvalue weighted by Gasteiger charge is 2.21. The van der Waals surface area contributed by atoms with Crippen LogP contribution < -0.4 is 0 Å². The summed E-state index contributed by atoms with van der Waals surface area (Å²) in [4.78, 5) is 11.4. The van der Waals surface area contributed by atoms with Gasteiger partial charge in [0.05, 0.1) is 6.54 Å². The number of carboxylic acid groups (broad SMARTS) is 1. The second-order valence-electron chi connectivity index (χ2n) is 5.40. The van der Waals surface area contributed by atoms with E-state index in [0.29, 0.717) is 0 Å². The minimum Gasteiger partial charge on any atom is -0.476 e. The number of carbonyl (C=O) groups is 1. The molecule has 1 heterocycles. The van der Waals surface area contributed by atoms with Crippen LogP contribution in [-0.2, 0) is 6.54 Å². The van der Waals surface area contributed by atoms with Crippen molar-refractivity contribution in [1.29, 1.82) is 0 Å². The third-order valence-corrected chi connectivity index (χ3v) is 3.49. The lowest BCUT2D eigenvalue weighted by Gasteiger charge is -2.08. The predicted octanol–water partition coefficient (Wildman–Crippen LogP) is 3.28. The molecule has 0 atom stereocenters. The zero-order valence-corrected chi connectivity index (χ0v) is 12.7. The molecule has 0 aliphatic carbocycles. The molecule has 0 saturated heterocycles. The van der Waals surface area contributed by atoms with Crippen molar-refractivity contribution in [3.63, 3.8) is 0 Å². The van der Waals surface area contributed by atoms with Crippen LogP contribution in [0.3, 0.4) is 0 Å². The Labute approximate surface area is 136 Å². The second kappa shape index (κ2) is 6.19. The zero-order chi connectivity index (χ0) is 17.3. The van der Waals surface area contributed by atoms with Crippen molar-refractivity contribution < 1.29 is 18.7 Å². The number of aromatic carboxylic acids is 1. The van der Waals surface area contributed by atoms with Gasteiger partial charge in [0.1, 0.15) is 17.3 Å². The van der Waals surface area contributed by atoms with Crippen molar-refractivity contribution in [3.05, 3.63) is 70.9 Å². The van der Waals surface area contributed by atoms with E-state index >= 15 is 0 Å². The van der Waals surface area contributed by atoms with Crippen LogP contribution in [0.2, 0.25) is 0 Å². The molecule has 5 nitrogen and oxygen atoms in total. The third-order valence-electron chi connectivity index (χ3n) is 3.49. The molecule has 0 spiro atoms. The van der Waals surface area contributed by atoms with Crippen LogP contribution in [0.5, 0.6) is 0 Å². The fraction of sp³-hybridized carbons (Fsp3) is 0.118. The lowest BCUT2D eigenvalue weighted by molar-refractivity contribution is 0.0691. The molecule has 0 amide bonds. The Kier molecular flexibility index (Phi) is 4.07. The van der Waals surface area contributed by atoms with Crippen molar-refractivity contribution in [2.75, 3.05) is 0 Å². The Hall–Kier alpha value is -3.09. The fourth-order valence-electron chi connectivity index (χ4n) is 2.53. The molecule has 0 bridgehead atoms. The summed E-state index contributed by atoms with van der Waals surface area (Å²) < 4.78 is 28.4. The summed E-state index contributed by atoms with van der Waals surface area (Å²) in [6.07, 6.45) is 0. The van der Waals surface area contributed by atoms with E-state index in [2.05, 4.69) is 10.3 Å². The van der Waals surface area contributed by atoms with Gasteiger partial charge in [0, 0.05) is 11.6 Å². The summed E-state index contributed by atoms with van der Waals surface area (Å²) in [7, 11) is 0. The topological polar surface area (TPSA) is 68.0 Å². The van der Waals surface area contributed by atoms with E-state index in [1.165, 1.54) is 4.68 Å². The molecule has 0 radical (unpaired) electrons. The van der Waals surface area contributed by atoms with E-state index in [1.807, 2.05) is 31.2 Å². The smallest absolute Gasteiger partial charge is 0.358 e. The van der Waals surface area contributed by atoms with E-state index in [1.54, 1.807) is 0 Å². The Bertz CT molecular complexity index is 902. The van der Waals surface area contributed by atoms with E-state index in [4.69, 9.17) is 0 Å². The van der Waals surface area contributed by atoms with Gasteiger partial charge in [-0.25, -0.2) is 18.3 Å². The molecule has 1 aromatic heterocycles. The number of rotatable bonds is 4. The average molecular weight is 329 g/mol. The Morgan fingerprint density at radius 1 is 1.17 bits per heavy atom. The maximum absolute atomic E-state index is 13.5. The number of hydrogen-bond acceptors (Lipinski definition) is 3. The molecular formula is C17H13F2N3O2. The van der Waals surface area contributed by atoms with Crippen LogP contribution in [0.4, 0.5) is 8.78 Å². The molecule has 1 N–H and O–H groups in total. The first kappa shape index (κ1) is 15.8. The van der Waals surface area contributed by atoms with Crippen LogP contribution in [-0.4, -0.2) is 26.1 Å². The molecule has 2 aromatic carbocycles. The van der Waals surface area contributed by atoms with Gasteiger partial charge >= 0.3 is 5.97 Å². The highest BCUT2D eigenvalue weighted by molar-refractivity contribution is 5.92. The van der Waals surface area contributed by atoms with Gasteiger partial charge in [-0.15, -0.1) is 5.10 Å². The number of aryl methyl sites for hydroxylation is 1. The number of nitrogens with zero attached hydrogens (tertiary/aromatic N) is 3. The van der Waals surface area contributed by atoms with Crippen LogP contribution in [0.15, 0.2) is 42.5 Å². The molecule has 0 saturated carbocycles. The molecule has 0 unspecified atom stereocenters. The predicted molar refractivity (Wildman–Crippen MR) is 82.6 cm³/mol. The molecule has 0 aliphatic rings. The summed E-state index contributed by atoms with van der Waals surface area (Å²) in [5, 5.41) is 16.8. The van der Waals surface area contributed by atoms with E-state index < -0.39 is 17.6 Å². The van der Waals surface area contributed by atoms with Gasteiger partial charge in [-0.3, -0.25) is 0 Å². The standard InChI is InChI=1S/C17H13F2N3O2/c1-10-3-2-4-11(5-10)9-22-16(15(17(23)24)20-21-22)12-6-13(18)8-14(19)7-12/h2-8H,9H2,1H3,(H,23,24). The first-order chi connectivity index (χ1) is 11.4. The van der Waals surface area contributed by atoms with Gasteiger partial charge in [0.2, 0.25) is 0 Å². The highest BCUT2D eigenvalue weighted by Crippen LogP contribution is 2.25. The zero-order valence-electron chi connectivity index (χ0n) is 12.7. The maximum Gasteiger partial charge on any atom is 0.358 e. The van der Waals surface area contributed by atoms with E-state index in [9.17, 15) is 18.7 Å². The molecular weight excluding hydrogens is 316 g/mol. The minimum atomic E-state index is -1.31. The van der Waals surface area contributed by atoms with E-state index in [-0.39, 0.29) is 23.5 Å². The maximum atomic E-state index is 13.5. The SMILES string of the molecule is Cc1cccc(Cn2nnc(C(=O)O)c2-c2cc(F)cc(F)c2)c1. The van der Waals surface area contributed by atoms with Crippen LogP contribution in [0, 0.1) is 18.6 Å². The Balaban J connectivity index is 2.12. The Morgan fingerprint density at radius 2 is 1.88 bits per heavy atom. The number of benzene rings is 2. The molecule has 0 aliphatic heterocycles. The number of halogens is 2. The number of carboxylic acids is 1. The molecule has 3 aromatic rings. The molecule has 3 rings (SSSR count). The van der Waals surface area contributed by atoms with Gasteiger partial charge in [-0.1, -0.05) is 35.0 Å². The lowest BCUT2D eigenvalue weighted by atomic mass is 10.1. The molecule has 24 heavy (non-hydrogen) atoms.